The lowest BCUT2D eigenvalue weighted by molar-refractivity contribution is 0.0776. The normalized spacial score (nSPS) is 20.0. The first-order chi connectivity index (χ1) is 12.6. The van der Waals surface area contributed by atoms with Crippen molar-refractivity contribution in [2.24, 2.45) is 0 Å². The Hall–Kier alpha value is -2.93. The van der Waals surface area contributed by atoms with Gasteiger partial charge in [0.05, 0.1) is 18.3 Å². The van der Waals surface area contributed by atoms with Crippen molar-refractivity contribution in [2.75, 3.05) is 27.2 Å². The first kappa shape index (κ1) is 16.5. The third-order valence-corrected chi connectivity index (χ3v) is 4.99. The molecule has 7 heteroatoms. The number of likely N-dealkylation sites (N-methyl/N-ethyl adjacent to an activating group) is 1. The Labute approximate surface area is 152 Å². The van der Waals surface area contributed by atoms with Gasteiger partial charge >= 0.3 is 0 Å². The van der Waals surface area contributed by atoms with Crippen molar-refractivity contribution in [3.63, 3.8) is 0 Å². The van der Waals surface area contributed by atoms with Crippen molar-refractivity contribution in [1.29, 1.82) is 0 Å². The summed E-state index contributed by atoms with van der Waals surface area (Å²) < 4.78 is 1.85. The number of aromatic amines is 1. The number of H-pyrrole nitrogens is 1. The molecule has 1 aliphatic rings. The van der Waals surface area contributed by atoms with Crippen LogP contribution < -0.4 is 0 Å². The largest absolute Gasteiger partial charge is 0.351 e. The molecular formula is C19H22N6O. The highest BCUT2D eigenvalue weighted by Gasteiger charge is 2.38. The number of nitrogens with zero attached hydrogens (tertiary/aromatic N) is 5. The van der Waals surface area contributed by atoms with E-state index in [0.29, 0.717) is 18.8 Å². The van der Waals surface area contributed by atoms with Crippen LogP contribution in [0.1, 0.15) is 16.5 Å². The molecule has 0 radical (unpaired) electrons. The minimum atomic E-state index is 0.0154. The van der Waals surface area contributed by atoms with Crippen molar-refractivity contribution in [3.05, 3.63) is 60.6 Å². The van der Waals surface area contributed by atoms with E-state index in [1.54, 1.807) is 6.20 Å². The molecule has 3 aromatic rings. The molecule has 2 aromatic heterocycles. The Kier molecular flexibility index (Phi) is 4.30. The van der Waals surface area contributed by atoms with Crippen LogP contribution >= 0.6 is 0 Å². The summed E-state index contributed by atoms with van der Waals surface area (Å²) in [4.78, 5) is 20.3. The van der Waals surface area contributed by atoms with Gasteiger partial charge in [-0.25, -0.2) is 4.68 Å². The molecule has 1 N–H and O–H groups in total. The number of rotatable bonds is 4. The van der Waals surface area contributed by atoms with Gasteiger partial charge in [-0.1, -0.05) is 35.5 Å². The van der Waals surface area contributed by atoms with Gasteiger partial charge in [0.25, 0.3) is 5.91 Å². The Morgan fingerprint density at radius 2 is 1.96 bits per heavy atom. The zero-order valence-corrected chi connectivity index (χ0v) is 14.9. The smallest absolute Gasteiger partial charge is 0.270 e. The number of carbonyl (C=O) groups is 1. The lowest BCUT2D eigenvalue weighted by Gasteiger charge is -2.24. The number of hydrogen-bond donors (Lipinski definition) is 1. The van der Waals surface area contributed by atoms with Gasteiger partial charge in [0.15, 0.2) is 0 Å². The summed E-state index contributed by atoms with van der Waals surface area (Å²) in [5.41, 5.74) is 2.63. The second kappa shape index (κ2) is 6.76. The van der Waals surface area contributed by atoms with Gasteiger partial charge in [0, 0.05) is 25.0 Å². The van der Waals surface area contributed by atoms with Crippen molar-refractivity contribution in [1.82, 2.24) is 29.8 Å². The predicted molar refractivity (Wildman–Crippen MR) is 98.7 cm³/mol. The summed E-state index contributed by atoms with van der Waals surface area (Å²) in [7, 11) is 4.06. The second-order valence-electron chi connectivity index (χ2n) is 6.84. The highest BCUT2D eigenvalue weighted by atomic mass is 16.2. The van der Waals surface area contributed by atoms with Crippen molar-refractivity contribution >= 4 is 5.91 Å². The van der Waals surface area contributed by atoms with Crippen LogP contribution in [0.15, 0.2) is 54.9 Å². The molecule has 0 unspecified atom stereocenters. The van der Waals surface area contributed by atoms with Gasteiger partial charge in [-0.2, -0.15) is 0 Å². The standard InChI is InChI=1S/C19H22N6O/c1-23(2)17-12-24(13-18(17)25-11-10-20-22-25)19(26)16-9-8-15(21-16)14-6-4-3-5-7-14/h3-11,17-18,21H,12-13H2,1-2H3/t17-,18+/m1/s1. The molecule has 0 aliphatic carbocycles. The lowest BCUT2D eigenvalue weighted by Crippen LogP contribution is -2.37. The van der Waals surface area contributed by atoms with Crippen LogP contribution in [-0.2, 0) is 0 Å². The van der Waals surface area contributed by atoms with Gasteiger partial charge in [0.1, 0.15) is 5.69 Å². The third-order valence-electron chi connectivity index (χ3n) is 4.99. The summed E-state index contributed by atoms with van der Waals surface area (Å²) >= 11 is 0. The minimum Gasteiger partial charge on any atom is -0.351 e. The average Bonchev–Trinajstić information content (AvgIpc) is 3.41. The minimum absolute atomic E-state index is 0.0154. The number of aromatic nitrogens is 4. The monoisotopic (exact) mass is 350 g/mol. The van der Waals surface area contributed by atoms with E-state index in [-0.39, 0.29) is 18.0 Å². The molecule has 0 bridgehead atoms. The van der Waals surface area contributed by atoms with Crippen molar-refractivity contribution in [3.8, 4) is 11.3 Å². The second-order valence-corrected chi connectivity index (χ2v) is 6.84. The molecule has 1 amide bonds. The number of nitrogens with one attached hydrogen (secondary N) is 1. The molecule has 0 saturated carbocycles. The lowest BCUT2D eigenvalue weighted by atomic mass is 10.1. The highest BCUT2D eigenvalue weighted by molar-refractivity contribution is 5.93. The first-order valence-electron chi connectivity index (χ1n) is 8.69. The fourth-order valence-electron chi connectivity index (χ4n) is 3.57. The maximum Gasteiger partial charge on any atom is 0.270 e. The molecule has 2 atom stereocenters. The van der Waals surface area contributed by atoms with Gasteiger partial charge in [0.2, 0.25) is 0 Å². The van der Waals surface area contributed by atoms with Gasteiger partial charge in [-0.15, -0.1) is 5.10 Å². The summed E-state index contributed by atoms with van der Waals surface area (Å²) in [5, 5.41) is 8.05. The van der Waals surface area contributed by atoms with E-state index >= 15 is 0 Å². The van der Waals surface area contributed by atoms with Crippen molar-refractivity contribution in [2.45, 2.75) is 12.1 Å². The van der Waals surface area contributed by atoms with E-state index in [9.17, 15) is 4.79 Å². The molecule has 7 nitrogen and oxygen atoms in total. The van der Waals surface area contributed by atoms with Gasteiger partial charge in [-0.3, -0.25) is 4.79 Å². The summed E-state index contributed by atoms with van der Waals surface area (Å²) in [6.07, 6.45) is 3.53. The van der Waals surface area contributed by atoms with Gasteiger partial charge < -0.3 is 14.8 Å². The molecular weight excluding hydrogens is 328 g/mol. The Bertz CT molecular complexity index is 871. The van der Waals surface area contributed by atoms with Crippen LogP contribution in [0.4, 0.5) is 0 Å². The molecule has 1 fully saturated rings. The maximum absolute atomic E-state index is 13.0. The summed E-state index contributed by atoms with van der Waals surface area (Å²) in [6, 6.07) is 14.1. The van der Waals surface area contributed by atoms with Crippen LogP contribution in [0.5, 0.6) is 0 Å². The van der Waals surface area contributed by atoms with E-state index < -0.39 is 0 Å². The molecule has 4 rings (SSSR count). The fraction of sp³-hybridized carbons (Fsp3) is 0.316. The van der Waals surface area contributed by atoms with E-state index in [4.69, 9.17) is 0 Å². The average molecular weight is 350 g/mol. The van der Waals surface area contributed by atoms with Crippen LogP contribution in [0.2, 0.25) is 0 Å². The van der Waals surface area contributed by atoms with Gasteiger partial charge in [-0.05, 0) is 31.8 Å². The number of benzene rings is 1. The van der Waals surface area contributed by atoms with Crippen LogP contribution in [0.25, 0.3) is 11.3 Å². The predicted octanol–water partition coefficient (Wildman–Crippen LogP) is 1.90. The molecule has 3 heterocycles. The topological polar surface area (TPSA) is 70.1 Å². The first-order valence-corrected chi connectivity index (χ1v) is 8.69. The van der Waals surface area contributed by atoms with Crippen molar-refractivity contribution < 1.29 is 4.79 Å². The molecule has 1 aliphatic heterocycles. The van der Waals surface area contributed by atoms with Crippen LogP contribution in [-0.4, -0.2) is 68.9 Å². The zero-order valence-electron chi connectivity index (χ0n) is 14.9. The van der Waals surface area contributed by atoms with Crippen LogP contribution in [0, 0.1) is 0 Å². The molecule has 134 valence electrons. The number of amides is 1. The third kappa shape index (κ3) is 3.01. The van der Waals surface area contributed by atoms with E-state index in [2.05, 4.69) is 20.2 Å². The SMILES string of the molecule is CN(C)[C@@H]1CN(C(=O)c2ccc(-c3ccccc3)[nH]2)C[C@@H]1n1ccnn1. The maximum atomic E-state index is 13.0. The number of hydrogen-bond acceptors (Lipinski definition) is 4. The molecule has 1 saturated heterocycles. The zero-order chi connectivity index (χ0) is 18.1. The summed E-state index contributed by atoms with van der Waals surface area (Å²) in [6.45, 7) is 1.28. The number of carbonyl (C=O) groups excluding carboxylic acids is 1. The Morgan fingerprint density at radius 3 is 2.65 bits per heavy atom. The molecule has 1 aromatic carbocycles. The fourth-order valence-corrected chi connectivity index (χ4v) is 3.57. The number of likely N-dealkylation sites (tertiary alicyclic amines) is 1. The highest BCUT2D eigenvalue weighted by Crippen LogP contribution is 2.26. The quantitative estimate of drug-likeness (QED) is 0.780. The Balaban J connectivity index is 1.54. The summed E-state index contributed by atoms with van der Waals surface area (Å²) in [5.74, 6) is 0.0154. The van der Waals surface area contributed by atoms with E-state index in [1.807, 2.05) is 72.3 Å². The molecule has 0 spiro atoms. The van der Waals surface area contributed by atoms with E-state index in [1.165, 1.54) is 0 Å². The molecule has 26 heavy (non-hydrogen) atoms. The van der Waals surface area contributed by atoms with E-state index in [0.717, 1.165) is 11.3 Å². The Morgan fingerprint density at radius 1 is 1.15 bits per heavy atom. The van der Waals surface area contributed by atoms with Crippen LogP contribution in [0.3, 0.4) is 0 Å².